The van der Waals surface area contributed by atoms with Crippen molar-refractivity contribution in [1.29, 1.82) is 0 Å². The molecule has 30 heavy (non-hydrogen) atoms. The van der Waals surface area contributed by atoms with E-state index < -0.39 is 0 Å². The molecule has 0 bridgehead atoms. The van der Waals surface area contributed by atoms with Crippen LogP contribution in [0, 0.1) is 17.8 Å². The highest BCUT2D eigenvalue weighted by Gasteiger charge is 2.27. The minimum absolute atomic E-state index is 0.000957. The average Bonchev–Trinajstić information content (AvgIpc) is 2.77. The van der Waals surface area contributed by atoms with Crippen molar-refractivity contribution < 1.29 is 9.53 Å². The lowest BCUT2D eigenvalue weighted by atomic mass is 10.0. The van der Waals surface area contributed by atoms with E-state index in [4.69, 9.17) is 9.73 Å². The Hall–Kier alpha value is -3.16. The second kappa shape index (κ2) is 10.6. The van der Waals surface area contributed by atoms with Gasteiger partial charge in [-0.3, -0.25) is 9.79 Å². The molecular formula is C26H28N2O2. The fourth-order valence-corrected chi connectivity index (χ4v) is 3.24. The number of carbonyl (C=O) groups excluding carboxylic acids is 1. The van der Waals surface area contributed by atoms with Crippen molar-refractivity contribution >= 4 is 11.6 Å². The largest absolute Gasteiger partial charge is 0.382 e. The van der Waals surface area contributed by atoms with Crippen molar-refractivity contribution in [3.05, 3.63) is 84.1 Å². The Labute approximate surface area is 179 Å². The van der Waals surface area contributed by atoms with E-state index in [0.29, 0.717) is 18.9 Å². The molecule has 4 nitrogen and oxygen atoms in total. The van der Waals surface area contributed by atoms with Crippen LogP contribution in [0.2, 0.25) is 0 Å². The van der Waals surface area contributed by atoms with Crippen LogP contribution in [-0.4, -0.2) is 42.3 Å². The van der Waals surface area contributed by atoms with E-state index in [9.17, 15) is 4.79 Å². The smallest absolute Gasteiger partial charge is 0.160 e. The van der Waals surface area contributed by atoms with Gasteiger partial charge in [0.1, 0.15) is 11.9 Å². The maximum absolute atomic E-state index is 12.2. The van der Waals surface area contributed by atoms with Gasteiger partial charge in [0.05, 0.1) is 12.6 Å². The predicted octanol–water partition coefficient (Wildman–Crippen LogP) is 4.31. The van der Waals surface area contributed by atoms with Crippen molar-refractivity contribution in [3.63, 3.8) is 0 Å². The maximum atomic E-state index is 12.2. The number of carbonyl (C=O) groups is 1. The van der Waals surface area contributed by atoms with Crippen LogP contribution in [-0.2, 0) is 9.53 Å². The van der Waals surface area contributed by atoms with E-state index >= 15 is 0 Å². The molecule has 2 atom stereocenters. The summed E-state index contributed by atoms with van der Waals surface area (Å²) in [7, 11) is 1.70. The second-order valence-corrected chi connectivity index (χ2v) is 7.63. The molecule has 154 valence electrons. The molecule has 0 radical (unpaired) electrons. The van der Waals surface area contributed by atoms with Crippen LogP contribution in [0.4, 0.5) is 0 Å². The lowest BCUT2D eigenvalue weighted by Gasteiger charge is -2.32. The zero-order chi connectivity index (χ0) is 21.3. The summed E-state index contributed by atoms with van der Waals surface area (Å²) in [5.41, 5.74) is 1.92. The van der Waals surface area contributed by atoms with Gasteiger partial charge in [0, 0.05) is 30.9 Å². The molecule has 0 saturated heterocycles. The number of ketones is 1. The van der Waals surface area contributed by atoms with Gasteiger partial charge >= 0.3 is 0 Å². The van der Waals surface area contributed by atoms with E-state index in [1.807, 2.05) is 71.8 Å². The Morgan fingerprint density at radius 1 is 1.13 bits per heavy atom. The third kappa shape index (κ3) is 5.68. The summed E-state index contributed by atoms with van der Waals surface area (Å²) in [4.78, 5) is 19.3. The fourth-order valence-electron chi connectivity index (χ4n) is 3.24. The molecule has 0 unspecified atom stereocenters. The van der Waals surface area contributed by atoms with Crippen molar-refractivity contribution in [2.75, 3.05) is 13.7 Å². The summed E-state index contributed by atoms with van der Waals surface area (Å²) in [6.07, 6.45) is 3.75. The highest BCUT2D eigenvalue weighted by Crippen LogP contribution is 2.20. The van der Waals surface area contributed by atoms with Crippen LogP contribution < -0.4 is 0 Å². The lowest BCUT2D eigenvalue weighted by molar-refractivity contribution is -0.115. The SMILES string of the molecule is COC[C@@H](N=C(c1ccccc1)N1C=CC(=O)C[C@H]1C#Cc1ccccc1)C(C)C. The van der Waals surface area contributed by atoms with Crippen LogP contribution in [0.5, 0.6) is 0 Å². The minimum Gasteiger partial charge on any atom is -0.382 e. The number of hydrogen-bond acceptors (Lipinski definition) is 3. The van der Waals surface area contributed by atoms with E-state index in [1.165, 1.54) is 0 Å². The zero-order valence-corrected chi connectivity index (χ0v) is 17.8. The van der Waals surface area contributed by atoms with Crippen LogP contribution in [0.3, 0.4) is 0 Å². The number of aliphatic imine (C=N–C) groups is 1. The molecule has 2 aromatic rings. The third-order valence-electron chi connectivity index (χ3n) is 4.98. The average molecular weight is 401 g/mol. The van der Waals surface area contributed by atoms with Crippen molar-refractivity contribution in [2.45, 2.75) is 32.4 Å². The highest BCUT2D eigenvalue weighted by molar-refractivity contribution is 6.02. The number of amidine groups is 1. The second-order valence-electron chi connectivity index (χ2n) is 7.63. The first-order chi connectivity index (χ1) is 14.6. The Morgan fingerprint density at radius 2 is 1.80 bits per heavy atom. The molecule has 2 aromatic carbocycles. The third-order valence-corrected chi connectivity index (χ3v) is 4.98. The van der Waals surface area contributed by atoms with Crippen LogP contribution in [0.15, 0.2) is 77.9 Å². The first-order valence-corrected chi connectivity index (χ1v) is 10.3. The summed E-state index contributed by atoms with van der Waals surface area (Å²) in [6, 6.07) is 19.6. The Morgan fingerprint density at radius 3 is 2.43 bits per heavy atom. The first kappa shape index (κ1) is 21.5. The number of methoxy groups -OCH3 is 1. The number of allylic oxidation sites excluding steroid dienone is 1. The Bertz CT molecular complexity index is 953. The van der Waals surface area contributed by atoms with Gasteiger partial charge in [0.15, 0.2) is 5.78 Å². The maximum Gasteiger partial charge on any atom is 0.160 e. The van der Waals surface area contributed by atoms with Gasteiger partial charge in [-0.1, -0.05) is 74.2 Å². The van der Waals surface area contributed by atoms with E-state index in [1.54, 1.807) is 13.2 Å². The monoisotopic (exact) mass is 400 g/mol. The normalized spacial score (nSPS) is 17.6. The lowest BCUT2D eigenvalue weighted by Crippen LogP contribution is -2.41. The molecule has 1 heterocycles. The van der Waals surface area contributed by atoms with Crippen molar-refractivity contribution in [3.8, 4) is 11.8 Å². The van der Waals surface area contributed by atoms with Gasteiger partial charge in [0.25, 0.3) is 0 Å². The highest BCUT2D eigenvalue weighted by atomic mass is 16.5. The van der Waals surface area contributed by atoms with Gasteiger partial charge in [-0.05, 0) is 24.1 Å². The Kier molecular flexibility index (Phi) is 7.59. The topological polar surface area (TPSA) is 41.9 Å². The van der Waals surface area contributed by atoms with Gasteiger partial charge in [-0.15, -0.1) is 0 Å². The summed E-state index contributed by atoms with van der Waals surface area (Å²) in [6.45, 7) is 4.81. The van der Waals surface area contributed by atoms with E-state index in [2.05, 4.69) is 25.7 Å². The molecule has 0 aromatic heterocycles. The number of rotatable bonds is 5. The van der Waals surface area contributed by atoms with Crippen molar-refractivity contribution in [1.82, 2.24) is 4.90 Å². The number of benzene rings is 2. The van der Waals surface area contributed by atoms with Gasteiger partial charge in [0.2, 0.25) is 0 Å². The summed E-state index contributed by atoms with van der Waals surface area (Å²) < 4.78 is 5.41. The number of nitrogens with zero attached hydrogens (tertiary/aromatic N) is 2. The standard InChI is InChI=1S/C26H28N2O2/c1-20(2)25(19-30-3)27-26(22-12-8-5-9-13-22)28-17-16-24(29)18-23(28)15-14-21-10-6-4-7-11-21/h4-13,16-17,20,23,25H,18-19H2,1-3H3/t23-,25-/m1/s1. The van der Waals surface area contributed by atoms with Gasteiger partial charge in [-0.2, -0.15) is 0 Å². The molecule has 0 saturated carbocycles. The minimum atomic E-state index is -0.281. The molecule has 1 aliphatic rings. The quantitative estimate of drug-likeness (QED) is 0.427. The van der Waals surface area contributed by atoms with E-state index in [0.717, 1.165) is 17.0 Å². The summed E-state index contributed by atoms with van der Waals surface area (Å²) in [5, 5.41) is 0. The summed E-state index contributed by atoms with van der Waals surface area (Å²) >= 11 is 0. The molecule has 0 spiro atoms. The van der Waals surface area contributed by atoms with Crippen LogP contribution >= 0.6 is 0 Å². The molecule has 0 aliphatic carbocycles. The number of ether oxygens (including phenoxy) is 1. The molecule has 4 heteroatoms. The van der Waals surface area contributed by atoms with Crippen LogP contribution in [0.25, 0.3) is 0 Å². The van der Waals surface area contributed by atoms with Crippen molar-refractivity contribution in [2.24, 2.45) is 10.9 Å². The van der Waals surface area contributed by atoms with Gasteiger partial charge in [-0.25, -0.2) is 0 Å². The molecule has 0 N–H and O–H groups in total. The van der Waals surface area contributed by atoms with Gasteiger partial charge < -0.3 is 9.64 Å². The zero-order valence-electron chi connectivity index (χ0n) is 17.8. The molecule has 0 fully saturated rings. The molecular weight excluding hydrogens is 372 g/mol. The molecule has 0 amide bonds. The predicted molar refractivity (Wildman–Crippen MR) is 121 cm³/mol. The van der Waals surface area contributed by atoms with Crippen LogP contribution in [0.1, 0.15) is 31.4 Å². The van der Waals surface area contributed by atoms with E-state index in [-0.39, 0.29) is 17.9 Å². The fraction of sp³-hybridized carbons (Fsp3) is 0.308. The number of hydrogen-bond donors (Lipinski definition) is 0. The molecule has 1 aliphatic heterocycles. The summed E-state index contributed by atoms with van der Waals surface area (Å²) in [5.74, 6) is 7.70. The first-order valence-electron chi connectivity index (χ1n) is 10.3. The Balaban J connectivity index is 2.04. The molecule has 3 rings (SSSR count).